The van der Waals surface area contributed by atoms with E-state index in [9.17, 15) is 61.9 Å². The Hall–Kier alpha value is -3.17. The van der Waals surface area contributed by atoms with Gasteiger partial charge in [-0.05, 0) is 11.6 Å². The van der Waals surface area contributed by atoms with E-state index in [4.69, 9.17) is 5.73 Å². The SMILES string of the molecule is NC(=O)C1=C(O)[C@@]2(O)C(=O)C3=C(O)c4c(O)cccc4[C@H](CSC(F)(F)C(F)(F)F)[C@H]3C(O)[C@H]2CC1=O. The quantitative estimate of drug-likeness (QED) is 0.241. The Balaban J connectivity index is 1.93. The summed E-state index contributed by atoms with van der Waals surface area (Å²) in [5.41, 5.74) is -0.847. The molecule has 0 heterocycles. The first-order chi connectivity index (χ1) is 17.0. The van der Waals surface area contributed by atoms with Gasteiger partial charge in [-0.3, -0.25) is 14.4 Å². The standard InChI is InChI=1S/C22H18F5NO8S/c23-21(24,25)22(26,27)37-5-7-6-2-1-3-9(29)11(6)16(32)14-12(7)15(31)8-4-10(30)13(19(28)35)17(33)20(8,36)18(14)34/h1-3,7-8,12,15,29,31-33,36H,4-5H2,(H2,28,35)/t7-,8+,12+,15?,20+/m0/s1. The summed E-state index contributed by atoms with van der Waals surface area (Å²) in [6, 6.07) is 3.39. The lowest BCUT2D eigenvalue weighted by Gasteiger charge is -2.51. The number of Topliss-reactive ketones (excluding diaryl/α,β-unsaturated/α-hetero) is 2. The average molecular weight is 551 g/mol. The fourth-order valence-corrected chi connectivity index (χ4v) is 6.19. The van der Waals surface area contributed by atoms with Crippen molar-refractivity contribution in [1.82, 2.24) is 0 Å². The molecule has 7 N–H and O–H groups in total. The number of phenolic OH excluding ortho intramolecular Hbond substituents is 1. The lowest BCUT2D eigenvalue weighted by molar-refractivity contribution is -0.237. The van der Waals surface area contributed by atoms with Crippen LogP contribution in [0.1, 0.15) is 23.5 Å². The first-order valence-corrected chi connectivity index (χ1v) is 11.5. The lowest BCUT2D eigenvalue weighted by atomic mass is 9.55. The van der Waals surface area contributed by atoms with Crippen molar-refractivity contribution in [2.24, 2.45) is 17.6 Å². The number of fused-ring (bicyclic) bond motifs is 3. The van der Waals surface area contributed by atoms with Crippen LogP contribution in [0.2, 0.25) is 0 Å². The minimum absolute atomic E-state index is 0.186. The van der Waals surface area contributed by atoms with Crippen LogP contribution in [0.15, 0.2) is 35.1 Å². The van der Waals surface area contributed by atoms with E-state index in [1.807, 2.05) is 0 Å². The molecule has 37 heavy (non-hydrogen) atoms. The van der Waals surface area contributed by atoms with Crippen molar-refractivity contribution in [3.05, 3.63) is 46.2 Å². The monoisotopic (exact) mass is 551 g/mol. The number of halogens is 5. The van der Waals surface area contributed by atoms with Crippen molar-refractivity contribution in [2.75, 3.05) is 5.75 Å². The molecule has 1 fully saturated rings. The van der Waals surface area contributed by atoms with Gasteiger partial charge in [0.2, 0.25) is 5.78 Å². The second-order valence-electron chi connectivity index (χ2n) is 8.87. The Morgan fingerprint density at radius 2 is 1.76 bits per heavy atom. The minimum Gasteiger partial charge on any atom is -0.508 e. The number of aliphatic hydroxyl groups is 4. The number of nitrogens with two attached hydrogens (primary N) is 1. The van der Waals surface area contributed by atoms with Crippen LogP contribution in [0.4, 0.5) is 22.0 Å². The molecule has 200 valence electrons. The summed E-state index contributed by atoms with van der Waals surface area (Å²) in [6.07, 6.45) is -8.96. The number of ketones is 2. The van der Waals surface area contributed by atoms with Crippen LogP contribution in [-0.2, 0) is 14.4 Å². The molecule has 1 unspecified atom stereocenters. The Morgan fingerprint density at radius 1 is 1.14 bits per heavy atom. The Labute approximate surface area is 208 Å². The zero-order valence-corrected chi connectivity index (χ0v) is 19.1. The highest BCUT2D eigenvalue weighted by Crippen LogP contribution is 2.57. The molecule has 1 saturated carbocycles. The van der Waals surface area contributed by atoms with Gasteiger partial charge in [-0.25, -0.2) is 0 Å². The third kappa shape index (κ3) is 3.70. The predicted molar refractivity (Wildman–Crippen MR) is 115 cm³/mol. The molecular weight excluding hydrogens is 533 g/mol. The number of primary amides is 1. The zero-order valence-electron chi connectivity index (χ0n) is 18.3. The van der Waals surface area contributed by atoms with E-state index in [1.54, 1.807) is 0 Å². The number of hydrogen-bond acceptors (Lipinski definition) is 9. The second kappa shape index (κ2) is 8.43. The van der Waals surface area contributed by atoms with Crippen LogP contribution in [0, 0.1) is 11.8 Å². The van der Waals surface area contributed by atoms with E-state index in [2.05, 4.69) is 0 Å². The number of benzene rings is 1. The van der Waals surface area contributed by atoms with Crippen LogP contribution >= 0.6 is 11.8 Å². The molecule has 0 spiro atoms. The fraction of sp³-hybridized carbons (Fsp3) is 0.409. The van der Waals surface area contributed by atoms with E-state index in [-0.39, 0.29) is 5.56 Å². The van der Waals surface area contributed by atoms with Gasteiger partial charge in [0.1, 0.15) is 22.8 Å². The van der Waals surface area contributed by atoms with Crippen LogP contribution in [0.5, 0.6) is 5.75 Å². The number of aliphatic hydroxyl groups excluding tert-OH is 3. The van der Waals surface area contributed by atoms with E-state index < -0.39 is 116 Å². The Kier molecular flexibility index (Phi) is 6.12. The van der Waals surface area contributed by atoms with Gasteiger partial charge in [-0.2, -0.15) is 22.0 Å². The van der Waals surface area contributed by atoms with E-state index in [1.165, 1.54) is 12.1 Å². The topological polar surface area (TPSA) is 178 Å². The van der Waals surface area contributed by atoms with E-state index >= 15 is 0 Å². The van der Waals surface area contributed by atoms with Crippen LogP contribution in [0.3, 0.4) is 0 Å². The highest BCUT2D eigenvalue weighted by Gasteiger charge is 2.66. The fourth-order valence-electron chi connectivity index (χ4n) is 5.25. The van der Waals surface area contributed by atoms with Crippen molar-refractivity contribution < 1.29 is 61.9 Å². The van der Waals surface area contributed by atoms with Gasteiger partial charge in [0.15, 0.2) is 11.4 Å². The van der Waals surface area contributed by atoms with E-state index in [0.717, 1.165) is 6.07 Å². The molecule has 0 aromatic heterocycles. The molecule has 1 amide bonds. The van der Waals surface area contributed by atoms with Gasteiger partial charge in [-0.1, -0.05) is 23.9 Å². The highest BCUT2D eigenvalue weighted by atomic mass is 32.2. The summed E-state index contributed by atoms with van der Waals surface area (Å²) in [7, 11) is 0. The number of alkyl halides is 5. The summed E-state index contributed by atoms with van der Waals surface area (Å²) < 4.78 is 66.1. The number of hydrogen-bond donors (Lipinski definition) is 6. The molecule has 1 aromatic rings. The first-order valence-electron chi connectivity index (χ1n) is 10.5. The number of thioether (sulfide) groups is 1. The van der Waals surface area contributed by atoms with Gasteiger partial charge in [-0.15, -0.1) is 0 Å². The third-order valence-electron chi connectivity index (χ3n) is 6.94. The van der Waals surface area contributed by atoms with Gasteiger partial charge in [0.05, 0.1) is 11.7 Å². The zero-order chi connectivity index (χ0) is 27.8. The summed E-state index contributed by atoms with van der Waals surface area (Å²) in [4.78, 5) is 37.7. The van der Waals surface area contributed by atoms with Crippen molar-refractivity contribution in [2.45, 2.75) is 35.5 Å². The summed E-state index contributed by atoms with van der Waals surface area (Å²) in [6.45, 7) is 0. The summed E-state index contributed by atoms with van der Waals surface area (Å²) >= 11 is -0.860. The van der Waals surface area contributed by atoms with Crippen LogP contribution in [0.25, 0.3) is 5.76 Å². The van der Waals surface area contributed by atoms with Crippen molar-refractivity contribution in [3.8, 4) is 5.75 Å². The van der Waals surface area contributed by atoms with Gasteiger partial charge in [0.25, 0.3) is 5.91 Å². The lowest BCUT2D eigenvalue weighted by Crippen LogP contribution is -2.64. The molecule has 9 nitrogen and oxygen atoms in total. The number of phenols is 1. The molecule has 15 heteroatoms. The van der Waals surface area contributed by atoms with Crippen molar-refractivity contribution >= 4 is 35.0 Å². The molecule has 1 aromatic carbocycles. The van der Waals surface area contributed by atoms with Crippen molar-refractivity contribution in [3.63, 3.8) is 0 Å². The van der Waals surface area contributed by atoms with E-state index in [0.29, 0.717) is 0 Å². The van der Waals surface area contributed by atoms with Crippen LogP contribution < -0.4 is 5.73 Å². The number of carbonyl (C=O) groups is 3. The minimum atomic E-state index is -5.95. The average Bonchev–Trinajstić information content (AvgIpc) is 2.77. The molecule has 0 bridgehead atoms. The third-order valence-corrected chi connectivity index (χ3v) is 8.06. The molecular formula is C22H18F5NO8S. The predicted octanol–water partition coefficient (Wildman–Crippen LogP) is 1.82. The summed E-state index contributed by atoms with van der Waals surface area (Å²) in [5.74, 6) is -13.8. The van der Waals surface area contributed by atoms with Crippen LogP contribution in [-0.4, -0.2) is 71.9 Å². The summed E-state index contributed by atoms with van der Waals surface area (Å²) in [5, 5.41) is 48.9. The number of rotatable bonds is 4. The molecule has 4 rings (SSSR count). The highest BCUT2D eigenvalue weighted by molar-refractivity contribution is 8.00. The van der Waals surface area contributed by atoms with Gasteiger partial charge >= 0.3 is 11.4 Å². The Bertz CT molecular complexity index is 1290. The first kappa shape index (κ1) is 26.9. The molecule has 0 aliphatic heterocycles. The molecule has 5 atom stereocenters. The maximum Gasteiger partial charge on any atom is 0.464 e. The largest absolute Gasteiger partial charge is 0.508 e. The van der Waals surface area contributed by atoms with Crippen molar-refractivity contribution in [1.29, 1.82) is 0 Å². The normalized spacial score (nSPS) is 30.1. The molecule has 0 radical (unpaired) electrons. The maximum absolute atomic E-state index is 13.8. The molecule has 3 aliphatic carbocycles. The van der Waals surface area contributed by atoms with Gasteiger partial charge in [0, 0.05) is 35.5 Å². The second-order valence-corrected chi connectivity index (χ2v) is 10.0. The maximum atomic E-state index is 13.8. The smallest absolute Gasteiger partial charge is 0.464 e. The number of aromatic hydroxyl groups is 1. The Morgan fingerprint density at radius 3 is 2.32 bits per heavy atom. The number of carbonyl (C=O) groups excluding carboxylic acids is 3. The molecule has 0 saturated heterocycles. The molecule has 3 aliphatic rings. The van der Waals surface area contributed by atoms with Gasteiger partial charge < -0.3 is 31.3 Å². The number of amides is 1.